The largest absolute Gasteiger partial charge is 0.346 e. The van der Waals surface area contributed by atoms with Crippen LogP contribution < -0.4 is 5.32 Å². The zero-order chi connectivity index (χ0) is 16.6. The second-order valence-corrected chi connectivity index (χ2v) is 7.56. The minimum atomic E-state index is -4.24. The van der Waals surface area contributed by atoms with Crippen molar-refractivity contribution in [1.29, 1.82) is 0 Å². The molecule has 0 aliphatic carbocycles. The first kappa shape index (κ1) is 19.4. The van der Waals surface area contributed by atoms with Crippen molar-refractivity contribution < 1.29 is 14.4 Å². The first-order valence-electron chi connectivity index (χ1n) is 8.30. The second-order valence-electron chi connectivity index (χ2n) is 5.87. The summed E-state index contributed by atoms with van der Waals surface area (Å²) in [5.74, 6) is -0.442. The van der Waals surface area contributed by atoms with Gasteiger partial charge in [-0.1, -0.05) is 64.3 Å². The summed E-state index contributed by atoms with van der Waals surface area (Å²) in [7, 11) is -4.24. The molecule has 0 heterocycles. The second kappa shape index (κ2) is 9.46. The zero-order valence-electron chi connectivity index (χ0n) is 14.0. The van der Waals surface area contributed by atoms with Gasteiger partial charge in [-0.15, -0.1) is 0 Å². The summed E-state index contributed by atoms with van der Waals surface area (Å²) < 4.78 is 11.9. The molecule has 0 saturated carbocycles. The molecular formula is C17H30NO3P. The van der Waals surface area contributed by atoms with Crippen LogP contribution in [0.15, 0.2) is 24.3 Å². The normalized spacial score (nSPS) is 14.8. The summed E-state index contributed by atoms with van der Waals surface area (Å²) in [6, 6.07) is 7.51. The van der Waals surface area contributed by atoms with E-state index in [9.17, 15) is 14.4 Å². The molecule has 0 spiro atoms. The maximum absolute atomic E-state index is 11.9. The average molecular weight is 327 g/mol. The molecule has 0 radical (unpaired) electrons. The maximum Gasteiger partial charge on any atom is 0.346 e. The van der Waals surface area contributed by atoms with Crippen molar-refractivity contribution in [3.05, 3.63) is 35.4 Å². The fraction of sp³-hybridized carbons (Fsp3) is 0.647. The summed E-state index contributed by atoms with van der Waals surface area (Å²) in [5.41, 5.74) is 1.72. The van der Waals surface area contributed by atoms with Gasteiger partial charge in [0.2, 0.25) is 0 Å². The van der Waals surface area contributed by atoms with Crippen molar-refractivity contribution in [3.63, 3.8) is 0 Å². The van der Waals surface area contributed by atoms with Gasteiger partial charge < -0.3 is 9.79 Å². The Labute approximate surface area is 134 Å². The van der Waals surface area contributed by atoms with E-state index < -0.39 is 13.4 Å². The third kappa shape index (κ3) is 5.85. The van der Waals surface area contributed by atoms with Crippen LogP contribution in [-0.4, -0.2) is 16.3 Å². The van der Waals surface area contributed by atoms with Crippen LogP contribution in [0.25, 0.3) is 0 Å². The summed E-state index contributed by atoms with van der Waals surface area (Å²) >= 11 is 0. The van der Waals surface area contributed by atoms with Gasteiger partial charge in [0.05, 0.1) is 0 Å². The molecule has 1 rings (SSSR count). The number of benzene rings is 1. The molecule has 2 atom stereocenters. The molecule has 4 nitrogen and oxygen atoms in total. The molecule has 0 aliphatic heterocycles. The monoisotopic (exact) mass is 327 g/mol. The van der Waals surface area contributed by atoms with E-state index in [1.165, 1.54) is 0 Å². The number of unbranched alkanes of at least 4 members (excludes halogenated alkanes) is 1. The molecule has 0 aromatic heterocycles. The lowest BCUT2D eigenvalue weighted by Crippen LogP contribution is -2.28. The van der Waals surface area contributed by atoms with Gasteiger partial charge in [-0.25, -0.2) is 0 Å². The van der Waals surface area contributed by atoms with Crippen LogP contribution in [0.4, 0.5) is 0 Å². The van der Waals surface area contributed by atoms with Gasteiger partial charge >= 0.3 is 7.60 Å². The molecule has 1 aromatic rings. The summed E-state index contributed by atoms with van der Waals surface area (Å²) in [5, 5.41) is 3.15. The smallest absolute Gasteiger partial charge is 0.323 e. The SMILES string of the molecule is CCCCC(CC)CNC(c1ccccc1CC)P(=O)(O)O. The van der Waals surface area contributed by atoms with E-state index in [0.717, 1.165) is 43.2 Å². The van der Waals surface area contributed by atoms with Gasteiger partial charge in [0, 0.05) is 0 Å². The van der Waals surface area contributed by atoms with Gasteiger partial charge in [0.15, 0.2) is 0 Å². The fourth-order valence-electron chi connectivity index (χ4n) is 2.75. The van der Waals surface area contributed by atoms with Crippen molar-refractivity contribution in [1.82, 2.24) is 5.32 Å². The minimum absolute atomic E-state index is 0.461. The van der Waals surface area contributed by atoms with Gasteiger partial charge in [-0.05, 0) is 36.4 Å². The standard InChI is InChI=1S/C17H30NO3P/c1-4-7-10-14(5-2)13-18-17(22(19,20)21)16-12-9-8-11-15(16)6-3/h8-9,11-12,14,17-18H,4-7,10,13H2,1-3H3,(H2,19,20,21). The van der Waals surface area contributed by atoms with Crippen molar-refractivity contribution >= 4 is 7.60 Å². The van der Waals surface area contributed by atoms with Gasteiger partial charge in [-0.2, -0.15) is 0 Å². The van der Waals surface area contributed by atoms with E-state index >= 15 is 0 Å². The van der Waals surface area contributed by atoms with Crippen molar-refractivity contribution in [2.45, 2.75) is 58.7 Å². The number of hydrogen-bond acceptors (Lipinski definition) is 2. The lowest BCUT2D eigenvalue weighted by molar-refractivity contribution is 0.335. The number of rotatable bonds is 10. The molecule has 2 unspecified atom stereocenters. The molecule has 0 fully saturated rings. The topological polar surface area (TPSA) is 69.6 Å². The van der Waals surface area contributed by atoms with E-state index in [4.69, 9.17) is 0 Å². The average Bonchev–Trinajstić information content (AvgIpc) is 2.49. The molecule has 0 amide bonds. The van der Waals surface area contributed by atoms with Crippen LogP contribution in [-0.2, 0) is 11.0 Å². The summed E-state index contributed by atoms with van der Waals surface area (Å²) in [6.07, 6.45) is 5.20. The highest BCUT2D eigenvalue weighted by Gasteiger charge is 2.31. The highest BCUT2D eigenvalue weighted by molar-refractivity contribution is 7.52. The Balaban J connectivity index is 2.88. The zero-order valence-corrected chi connectivity index (χ0v) is 14.9. The van der Waals surface area contributed by atoms with Crippen molar-refractivity contribution in [2.24, 2.45) is 5.92 Å². The molecular weight excluding hydrogens is 297 g/mol. The molecule has 3 N–H and O–H groups in total. The third-order valence-electron chi connectivity index (χ3n) is 4.21. The van der Waals surface area contributed by atoms with E-state index in [0.29, 0.717) is 12.5 Å². The Bertz CT molecular complexity index is 487. The first-order valence-corrected chi connectivity index (χ1v) is 9.98. The van der Waals surface area contributed by atoms with E-state index in [-0.39, 0.29) is 0 Å². The molecule has 5 heteroatoms. The predicted molar refractivity (Wildman–Crippen MR) is 91.9 cm³/mol. The van der Waals surface area contributed by atoms with Crippen LogP contribution in [0.1, 0.15) is 63.4 Å². The van der Waals surface area contributed by atoms with Crippen LogP contribution in [0.3, 0.4) is 0 Å². The van der Waals surface area contributed by atoms with Crippen molar-refractivity contribution in [2.75, 3.05) is 6.54 Å². The van der Waals surface area contributed by atoms with E-state index in [2.05, 4.69) is 19.2 Å². The molecule has 0 saturated heterocycles. The quantitative estimate of drug-likeness (QED) is 0.562. The van der Waals surface area contributed by atoms with Gasteiger partial charge in [0.1, 0.15) is 5.78 Å². The predicted octanol–water partition coefficient (Wildman–Crippen LogP) is 4.23. The molecule has 0 bridgehead atoms. The number of nitrogens with one attached hydrogen (secondary N) is 1. The van der Waals surface area contributed by atoms with Crippen molar-refractivity contribution in [3.8, 4) is 0 Å². The molecule has 0 aliphatic rings. The van der Waals surface area contributed by atoms with Gasteiger partial charge in [0.25, 0.3) is 0 Å². The Morgan fingerprint density at radius 1 is 1.18 bits per heavy atom. The van der Waals surface area contributed by atoms with E-state index in [1.54, 1.807) is 0 Å². The Hall–Kier alpha value is -0.670. The van der Waals surface area contributed by atoms with Crippen LogP contribution in [0.5, 0.6) is 0 Å². The van der Waals surface area contributed by atoms with Gasteiger partial charge in [-0.3, -0.25) is 9.88 Å². The first-order chi connectivity index (χ1) is 10.4. The summed E-state index contributed by atoms with van der Waals surface area (Å²) in [6.45, 7) is 6.95. The Morgan fingerprint density at radius 3 is 2.41 bits per heavy atom. The molecule has 1 aromatic carbocycles. The highest BCUT2D eigenvalue weighted by atomic mass is 31.2. The van der Waals surface area contributed by atoms with Crippen LogP contribution in [0.2, 0.25) is 0 Å². The highest BCUT2D eigenvalue weighted by Crippen LogP contribution is 2.50. The fourth-order valence-corrected chi connectivity index (χ4v) is 3.71. The number of hydrogen-bond donors (Lipinski definition) is 3. The third-order valence-corrected chi connectivity index (χ3v) is 5.34. The lowest BCUT2D eigenvalue weighted by Gasteiger charge is -2.25. The maximum atomic E-state index is 11.9. The Kier molecular flexibility index (Phi) is 8.34. The molecule has 126 valence electrons. The molecule has 22 heavy (non-hydrogen) atoms. The van der Waals surface area contributed by atoms with Crippen LogP contribution in [0, 0.1) is 5.92 Å². The summed E-state index contributed by atoms with van der Waals surface area (Å²) in [4.78, 5) is 19.5. The number of aryl methyl sites for hydroxylation is 1. The van der Waals surface area contributed by atoms with E-state index in [1.807, 2.05) is 31.2 Å². The van der Waals surface area contributed by atoms with Crippen LogP contribution >= 0.6 is 7.60 Å². The lowest BCUT2D eigenvalue weighted by atomic mass is 9.99. The Morgan fingerprint density at radius 2 is 1.86 bits per heavy atom. The minimum Gasteiger partial charge on any atom is -0.323 e.